The molecule has 0 unspecified atom stereocenters. The van der Waals surface area contributed by atoms with Crippen LogP contribution in [0.4, 0.5) is 0 Å². The molecule has 1 fully saturated rings. The molecule has 1 amide bonds. The molecule has 8 heteroatoms. The van der Waals surface area contributed by atoms with Gasteiger partial charge in [-0.25, -0.2) is 0 Å². The summed E-state index contributed by atoms with van der Waals surface area (Å²) in [6, 6.07) is 12.4. The summed E-state index contributed by atoms with van der Waals surface area (Å²) in [6.45, 7) is 7.45. The van der Waals surface area contributed by atoms with Gasteiger partial charge in [0.25, 0.3) is 5.91 Å². The van der Waals surface area contributed by atoms with Crippen molar-refractivity contribution in [2.24, 2.45) is 5.92 Å². The fourth-order valence-electron chi connectivity index (χ4n) is 5.70. The first-order chi connectivity index (χ1) is 17.9. The fraction of sp³-hybridized carbons (Fsp3) is 0.533. The Labute approximate surface area is 229 Å². The normalized spacial score (nSPS) is 24.6. The number of ether oxygens (including phenoxy) is 2. The number of nitrogens with zero attached hydrogens (tertiary/aromatic N) is 1. The van der Waals surface area contributed by atoms with E-state index in [0.29, 0.717) is 28.3 Å². The molecule has 0 aromatic heterocycles. The molecule has 0 bridgehead atoms. The smallest absolute Gasteiger partial charge is 0.323 e. The first kappa shape index (κ1) is 28.4. The molecule has 0 radical (unpaired) electrons. The van der Waals surface area contributed by atoms with Crippen LogP contribution in [0.25, 0.3) is 0 Å². The second-order valence-electron chi connectivity index (χ2n) is 11.5. The molecule has 2 aliphatic rings. The monoisotopic (exact) mass is 543 g/mol. The summed E-state index contributed by atoms with van der Waals surface area (Å²) < 4.78 is 13.1. The van der Waals surface area contributed by atoms with Crippen LogP contribution >= 0.6 is 11.6 Å². The second-order valence-corrected chi connectivity index (χ2v) is 11.9. The predicted octanol–water partition coefficient (Wildman–Crippen LogP) is 6.02. The zero-order valence-electron chi connectivity index (χ0n) is 22.6. The standard InChI is InChI=1S/C30H38ClNO6/c1-19-10-12-23-27(37-19)22-16-20(11-13-25(22)38-30(23,4)15-7-14-29(2,3)36)28(35)32(18-26(33)34)17-21-8-5-6-9-24(21)31/h5-6,8-9,11,13,16,19,23,27,36H,7,10,12,14-15,17-18H2,1-4H3,(H,33,34)/t19-,23-,27+,30+/m1/s1. The summed E-state index contributed by atoms with van der Waals surface area (Å²) in [4.78, 5) is 26.5. The van der Waals surface area contributed by atoms with Crippen LogP contribution in [-0.4, -0.2) is 50.8 Å². The molecule has 206 valence electrons. The van der Waals surface area contributed by atoms with Crippen molar-refractivity contribution in [1.82, 2.24) is 4.90 Å². The lowest BCUT2D eigenvalue weighted by atomic mass is 9.72. The summed E-state index contributed by atoms with van der Waals surface area (Å²) >= 11 is 6.30. The number of benzene rings is 2. The molecule has 4 rings (SSSR count). The number of hydrogen-bond acceptors (Lipinski definition) is 5. The SMILES string of the molecule is C[C@@H]1CC[C@@H]2[C@@H](O1)c1cc(C(=O)N(CC(=O)O)Cc3ccccc3Cl)ccc1O[C@@]2(C)CCCC(C)(C)O. The molecule has 1 saturated heterocycles. The Bertz CT molecular complexity index is 1180. The molecule has 38 heavy (non-hydrogen) atoms. The zero-order chi connectivity index (χ0) is 27.7. The minimum absolute atomic E-state index is 0.0749. The topological polar surface area (TPSA) is 96.3 Å². The third-order valence-electron chi connectivity index (χ3n) is 7.71. The lowest BCUT2D eigenvalue weighted by Crippen LogP contribution is -2.50. The second kappa shape index (κ2) is 11.2. The maximum Gasteiger partial charge on any atom is 0.323 e. The molecule has 2 aromatic carbocycles. The molecule has 7 nitrogen and oxygen atoms in total. The summed E-state index contributed by atoms with van der Waals surface area (Å²) in [6.07, 6.45) is 3.96. The number of aliphatic carboxylic acids is 1. The minimum atomic E-state index is -1.10. The van der Waals surface area contributed by atoms with Gasteiger partial charge in [0.2, 0.25) is 0 Å². The average Bonchev–Trinajstić information content (AvgIpc) is 2.83. The Morgan fingerprint density at radius 3 is 2.61 bits per heavy atom. The molecule has 2 aliphatic heterocycles. The fourth-order valence-corrected chi connectivity index (χ4v) is 5.90. The summed E-state index contributed by atoms with van der Waals surface area (Å²) in [7, 11) is 0. The van der Waals surface area contributed by atoms with Crippen molar-refractivity contribution in [3.63, 3.8) is 0 Å². The Balaban J connectivity index is 1.63. The predicted molar refractivity (Wildman–Crippen MR) is 145 cm³/mol. The third kappa shape index (κ3) is 6.50. The van der Waals surface area contributed by atoms with Crippen molar-refractivity contribution in [1.29, 1.82) is 0 Å². The van der Waals surface area contributed by atoms with E-state index < -0.39 is 29.6 Å². The number of carboxylic acid groups (broad SMARTS) is 1. The number of amides is 1. The van der Waals surface area contributed by atoms with Gasteiger partial charge in [0, 0.05) is 28.6 Å². The van der Waals surface area contributed by atoms with Gasteiger partial charge in [-0.1, -0.05) is 29.8 Å². The van der Waals surface area contributed by atoms with E-state index in [4.69, 9.17) is 21.1 Å². The van der Waals surface area contributed by atoms with Crippen molar-refractivity contribution in [3.05, 3.63) is 64.2 Å². The third-order valence-corrected chi connectivity index (χ3v) is 8.08. The van der Waals surface area contributed by atoms with E-state index in [1.807, 2.05) is 13.8 Å². The number of hydrogen-bond donors (Lipinski definition) is 2. The number of halogens is 1. The molecule has 0 spiro atoms. The van der Waals surface area contributed by atoms with Gasteiger partial charge in [-0.05, 0) is 89.6 Å². The number of fused-ring (bicyclic) bond motifs is 3. The molecule has 2 N–H and O–H groups in total. The molecular weight excluding hydrogens is 506 g/mol. The zero-order valence-corrected chi connectivity index (χ0v) is 23.3. The number of carbonyl (C=O) groups excluding carboxylic acids is 1. The highest BCUT2D eigenvalue weighted by atomic mass is 35.5. The van der Waals surface area contributed by atoms with Gasteiger partial charge in [0.15, 0.2) is 0 Å². The van der Waals surface area contributed by atoms with Crippen molar-refractivity contribution in [3.8, 4) is 5.75 Å². The Morgan fingerprint density at radius 1 is 1.18 bits per heavy atom. The van der Waals surface area contributed by atoms with E-state index in [2.05, 4.69) is 13.8 Å². The lowest BCUT2D eigenvalue weighted by Gasteiger charge is -2.50. The van der Waals surface area contributed by atoms with Crippen LogP contribution in [0.1, 0.15) is 87.4 Å². The number of rotatable bonds is 9. The molecular formula is C30H38ClNO6. The Hall–Kier alpha value is -2.61. The molecule has 2 aromatic rings. The van der Waals surface area contributed by atoms with Crippen molar-refractivity contribution >= 4 is 23.5 Å². The van der Waals surface area contributed by atoms with Crippen LogP contribution in [0.3, 0.4) is 0 Å². The number of carboxylic acids is 1. The Morgan fingerprint density at radius 2 is 1.92 bits per heavy atom. The highest BCUT2D eigenvalue weighted by Crippen LogP contribution is 2.52. The summed E-state index contributed by atoms with van der Waals surface area (Å²) in [5, 5.41) is 20.2. The van der Waals surface area contributed by atoms with E-state index in [1.165, 1.54) is 4.90 Å². The number of aliphatic hydroxyl groups is 1. The quantitative estimate of drug-likeness (QED) is 0.402. The molecule has 0 saturated carbocycles. The van der Waals surface area contributed by atoms with Crippen molar-refractivity contribution in [2.75, 3.05) is 6.54 Å². The summed E-state index contributed by atoms with van der Waals surface area (Å²) in [5.41, 5.74) is 0.679. The lowest BCUT2D eigenvalue weighted by molar-refractivity contribution is -0.153. The maximum atomic E-state index is 13.6. The maximum absolute atomic E-state index is 13.6. The van der Waals surface area contributed by atoms with E-state index in [0.717, 1.165) is 31.2 Å². The van der Waals surface area contributed by atoms with E-state index in [9.17, 15) is 19.8 Å². The van der Waals surface area contributed by atoms with Crippen LogP contribution in [0.15, 0.2) is 42.5 Å². The van der Waals surface area contributed by atoms with Gasteiger partial charge in [-0.2, -0.15) is 0 Å². The first-order valence-electron chi connectivity index (χ1n) is 13.3. The van der Waals surface area contributed by atoms with Crippen molar-refractivity contribution in [2.45, 2.75) is 89.8 Å². The van der Waals surface area contributed by atoms with Gasteiger partial charge in [-0.15, -0.1) is 0 Å². The van der Waals surface area contributed by atoms with Crippen LogP contribution in [-0.2, 0) is 16.1 Å². The van der Waals surface area contributed by atoms with E-state index in [1.54, 1.807) is 42.5 Å². The van der Waals surface area contributed by atoms with Crippen LogP contribution < -0.4 is 4.74 Å². The van der Waals surface area contributed by atoms with Crippen LogP contribution in [0.2, 0.25) is 5.02 Å². The average molecular weight is 544 g/mol. The molecule has 2 heterocycles. The summed E-state index contributed by atoms with van der Waals surface area (Å²) in [5.74, 6) is -0.720. The van der Waals surface area contributed by atoms with Gasteiger partial charge in [-0.3, -0.25) is 9.59 Å². The van der Waals surface area contributed by atoms with E-state index in [-0.39, 0.29) is 24.7 Å². The largest absolute Gasteiger partial charge is 0.487 e. The van der Waals surface area contributed by atoms with Gasteiger partial charge >= 0.3 is 5.97 Å². The highest BCUT2D eigenvalue weighted by molar-refractivity contribution is 6.31. The first-order valence-corrected chi connectivity index (χ1v) is 13.7. The van der Waals surface area contributed by atoms with Crippen LogP contribution in [0, 0.1) is 5.92 Å². The number of carbonyl (C=O) groups is 2. The van der Waals surface area contributed by atoms with E-state index >= 15 is 0 Å². The van der Waals surface area contributed by atoms with Gasteiger partial charge in [0.05, 0.1) is 17.8 Å². The van der Waals surface area contributed by atoms with Crippen molar-refractivity contribution < 1.29 is 29.3 Å². The van der Waals surface area contributed by atoms with Gasteiger partial charge < -0.3 is 24.6 Å². The highest BCUT2D eigenvalue weighted by Gasteiger charge is 2.49. The molecule has 4 atom stereocenters. The van der Waals surface area contributed by atoms with Crippen LogP contribution in [0.5, 0.6) is 5.75 Å². The molecule has 0 aliphatic carbocycles. The van der Waals surface area contributed by atoms with Gasteiger partial charge in [0.1, 0.15) is 17.9 Å². The minimum Gasteiger partial charge on any atom is -0.487 e. The Kier molecular flexibility index (Phi) is 8.40.